The van der Waals surface area contributed by atoms with Gasteiger partial charge in [-0.2, -0.15) is 0 Å². The first-order chi connectivity index (χ1) is 8.76. The van der Waals surface area contributed by atoms with Crippen molar-refractivity contribution in [3.05, 3.63) is 41.6 Å². The van der Waals surface area contributed by atoms with Gasteiger partial charge in [0.1, 0.15) is 0 Å². The normalized spacial score (nSPS) is 12.8. The Labute approximate surface area is 109 Å². The summed E-state index contributed by atoms with van der Waals surface area (Å²) in [4.78, 5) is 4.61. The van der Waals surface area contributed by atoms with E-state index in [2.05, 4.69) is 61.4 Å². The van der Waals surface area contributed by atoms with Crippen LogP contribution in [-0.4, -0.2) is 11.5 Å². The predicted octanol–water partition coefficient (Wildman–Crippen LogP) is 3.99. The molecule has 1 heterocycles. The molecule has 0 saturated heterocycles. The third-order valence-electron chi connectivity index (χ3n) is 3.28. The van der Waals surface area contributed by atoms with Crippen LogP contribution in [0.2, 0.25) is 0 Å². The highest BCUT2D eigenvalue weighted by molar-refractivity contribution is 5.82. The van der Waals surface area contributed by atoms with Gasteiger partial charge in [0.25, 0.3) is 0 Å². The van der Waals surface area contributed by atoms with Crippen molar-refractivity contribution in [1.29, 1.82) is 0 Å². The maximum Gasteiger partial charge on any atom is 0.0708 e. The van der Waals surface area contributed by atoms with E-state index < -0.39 is 0 Å². The average molecular weight is 242 g/mol. The topological polar surface area (TPSA) is 24.9 Å². The molecule has 0 bridgehead atoms. The highest BCUT2D eigenvalue weighted by Gasteiger charge is 2.13. The van der Waals surface area contributed by atoms with Gasteiger partial charge in [-0.05, 0) is 37.6 Å². The molecule has 1 aromatic carbocycles. The van der Waals surface area contributed by atoms with E-state index in [9.17, 15) is 0 Å². The minimum absolute atomic E-state index is 0.437. The maximum absolute atomic E-state index is 4.61. The van der Waals surface area contributed by atoms with Crippen LogP contribution < -0.4 is 5.32 Å². The summed E-state index contributed by atoms with van der Waals surface area (Å²) in [5, 5.41) is 4.87. The quantitative estimate of drug-likeness (QED) is 0.857. The zero-order valence-corrected chi connectivity index (χ0v) is 11.5. The number of fused-ring (bicyclic) bond motifs is 1. The lowest BCUT2D eigenvalue weighted by molar-refractivity contribution is 0.512. The number of aryl methyl sites for hydroxylation is 1. The Kier molecular flexibility index (Phi) is 4.32. The zero-order chi connectivity index (χ0) is 13.0. The third kappa shape index (κ3) is 2.70. The fourth-order valence-electron chi connectivity index (χ4n) is 2.53. The molecule has 1 aromatic heterocycles. The van der Waals surface area contributed by atoms with Gasteiger partial charge >= 0.3 is 0 Å². The molecule has 0 aliphatic rings. The summed E-state index contributed by atoms with van der Waals surface area (Å²) in [6.07, 6.45) is 2.36. The summed E-state index contributed by atoms with van der Waals surface area (Å²) in [6.45, 7) is 7.48. The number of pyridine rings is 1. The molecule has 2 nitrogen and oxygen atoms in total. The van der Waals surface area contributed by atoms with Crippen LogP contribution in [0.25, 0.3) is 10.9 Å². The average Bonchev–Trinajstić information content (AvgIpc) is 2.37. The van der Waals surface area contributed by atoms with Crippen LogP contribution in [0.3, 0.4) is 0 Å². The monoisotopic (exact) mass is 242 g/mol. The first kappa shape index (κ1) is 13.0. The molecular formula is C16H22N2. The number of aromatic nitrogens is 1. The summed E-state index contributed by atoms with van der Waals surface area (Å²) in [5.41, 5.74) is 3.59. The SMILES string of the molecule is CCCC(NCC)c1cc(C)nc2ccccc12. The fourth-order valence-corrected chi connectivity index (χ4v) is 2.53. The van der Waals surface area contributed by atoms with Crippen molar-refractivity contribution in [2.45, 2.75) is 39.7 Å². The molecule has 1 atom stereocenters. The van der Waals surface area contributed by atoms with Crippen molar-refractivity contribution in [2.75, 3.05) is 6.54 Å². The van der Waals surface area contributed by atoms with Crippen LogP contribution in [0.4, 0.5) is 0 Å². The summed E-state index contributed by atoms with van der Waals surface area (Å²) >= 11 is 0. The highest BCUT2D eigenvalue weighted by Crippen LogP contribution is 2.26. The number of hydrogen-bond acceptors (Lipinski definition) is 2. The van der Waals surface area contributed by atoms with Gasteiger partial charge < -0.3 is 5.32 Å². The van der Waals surface area contributed by atoms with Crippen LogP contribution >= 0.6 is 0 Å². The number of benzene rings is 1. The van der Waals surface area contributed by atoms with Crippen molar-refractivity contribution in [1.82, 2.24) is 10.3 Å². The summed E-state index contributed by atoms with van der Waals surface area (Å²) < 4.78 is 0. The zero-order valence-electron chi connectivity index (χ0n) is 11.5. The number of hydrogen-bond donors (Lipinski definition) is 1. The highest BCUT2D eigenvalue weighted by atomic mass is 14.9. The second-order valence-corrected chi connectivity index (χ2v) is 4.77. The van der Waals surface area contributed by atoms with E-state index in [0.29, 0.717) is 6.04 Å². The molecule has 0 aliphatic heterocycles. The molecule has 2 heteroatoms. The van der Waals surface area contributed by atoms with E-state index in [0.717, 1.165) is 17.8 Å². The van der Waals surface area contributed by atoms with Crippen LogP contribution in [-0.2, 0) is 0 Å². The Bertz CT molecular complexity index is 513. The minimum Gasteiger partial charge on any atom is -0.310 e. The Morgan fingerprint density at radius 3 is 2.72 bits per heavy atom. The first-order valence-electron chi connectivity index (χ1n) is 6.86. The van der Waals surface area contributed by atoms with E-state index in [-0.39, 0.29) is 0 Å². The Hall–Kier alpha value is -1.41. The summed E-state index contributed by atoms with van der Waals surface area (Å²) in [5.74, 6) is 0. The number of rotatable bonds is 5. The minimum atomic E-state index is 0.437. The molecule has 0 fully saturated rings. The van der Waals surface area contributed by atoms with Crippen LogP contribution in [0.1, 0.15) is 44.0 Å². The van der Waals surface area contributed by atoms with Gasteiger partial charge in [-0.25, -0.2) is 0 Å². The van der Waals surface area contributed by atoms with E-state index in [4.69, 9.17) is 0 Å². The lowest BCUT2D eigenvalue weighted by Crippen LogP contribution is -2.21. The summed E-state index contributed by atoms with van der Waals surface area (Å²) in [7, 11) is 0. The van der Waals surface area contributed by atoms with Gasteiger partial charge in [-0.15, -0.1) is 0 Å². The van der Waals surface area contributed by atoms with Crippen LogP contribution in [0, 0.1) is 6.92 Å². The predicted molar refractivity (Wildman–Crippen MR) is 77.8 cm³/mol. The van der Waals surface area contributed by atoms with Crippen molar-refractivity contribution >= 4 is 10.9 Å². The van der Waals surface area contributed by atoms with E-state index >= 15 is 0 Å². The third-order valence-corrected chi connectivity index (χ3v) is 3.28. The standard InChI is InChI=1S/C16H22N2/c1-4-8-15(17-5-2)14-11-12(3)18-16-10-7-6-9-13(14)16/h6-7,9-11,15,17H,4-5,8H2,1-3H3. The fraction of sp³-hybridized carbons (Fsp3) is 0.438. The van der Waals surface area contributed by atoms with Crippen molar-refractivity contribution < 1.29 is 0 Å². The van der Waals surface area contributed by atoms with Gasteiger partial charge in [0.15, 0.2) is 0 Å². The number of nitrogens with one attached hydrogen (secondary N) is 1. The molecule has 2 rings (SSSR count). The van der Waals surface area contributed by atoms with Crippen molar-refractivity contribution in [3.63, 3.8) is 0 Å². The first-order valence-corrected chi connectivity index (χ1v) is 6.86. The molecule has 0 amide bonds. The van der Waals surface area contributed by atoms with Gasteiger partial charge in [0.05, 0.1) is 5.52 Å². The molecule has 0 aliphatic carbocycles. The van der Waals surface area contributed by atoms with Gasteiger partial charge in [0, 0.05) is 17.1 Å². The second kappa shape index (κ2) is 5.96. The smallest absolute Gasteiger partial charge is 0.0708 e. The number of nitrogens with zero attached hydrogens (tertiary/aromatic N) is 1. The summed E-state index contributed by atoms with van der Waals surface area (Å²) in [6, 6.07) is 11.1. The lowest BCUT2D eigenvalue weighted by atomic mass is 9.97. The van der Waals surface area contributed by atoms with Crippen molar-refractivity contribution in [3.8, 4) is 0 Å². The Morgan fingerprint density at radius 2 is 2.00 bits per heavy atom. The molecule has 0 spiro atoms. The molecule has 2 aromatic rings. The molecule has 96 valence electrons. The van der Waals surface area contributed by atoms with Crippen LogP contribution in [0.5, 0.6) is 0 Å². The molecule has 0 saturated carbocycles. The molecule has 1 N–H and O–H groups in total. The Morgan fingerprint density at radius 1 is 1.22 bits per heavy atom. The van der Waals surface area contributed by atoms with E-state index in [1.807, 2.05) is 0 Å². The molecule has 1 unspecified atom stereocenters. The second-order valence-electron chi connectivity index (χ2n) is 4.77. The van der Waals surface area contributed by atoms with Gasteiger partial charge in [-0.3, -0.25) is 4.98 Å². The van der Waals surface area contributed by atoms with Crippen LogP contribution in [0.15, 0.2) is 30.3 Å². The van der Waals surface area contributed by atoms with Gasteiger partial charge in [0.2, 0.25) is 0 Å². The molecular weight excluding hydrogens is 220 g/mol. The maximum atomic E-state index is 4.61. The van der Waals surface area contributed by atoms with Crippen molar-refractivity contribution in [2.24, 2.45) is 0 Å². The van der Waals surface area contributed by atoms with Gasteiger partial charge in [-0.1, -0.05) is 38.5 Å². The Balaban J connectivity index is 2.52. The number of para-hydroxylation sites is 1. The molecule has 0 radical (unpaired) electrons. The van der Waals surface area contributed by atoms with E-state index in [1.165, 1.54) is 23.8 Å². The lowest BCUT2D eigenvalue weighted by Gasteiger charge is -2.20. The largest absolute Gasteiger partial charge is 0.310 e. The molecule has 18 heavy (non-hydrogen) atoms. The van der Waals surface area contributed by atoms with E-state index in [1.54, 1.807) is 0 Å².